The van der Waals surface area contributed by atoms with Gasteiger partial charge >= 0.3 is 0 Å². The zero-order valence-electron chi connectivity index (χ0n) is 7.22. The van der Waals surface area contributed by atoms with Crippen molar-refractivity contribution < 1.29 is 0 Å². The summed E-state index contributed by atoms with van der Waals surface area (Å²) in [5.74, 6) is 0. The Morgan fingerprint density at radius 3 is 2.00 bits per heavy atom. The second-order valence-electron chi connectivity index (χ2n) is 1.96. The van der Waals surface area contributed by atoms with Gasteiger partial charge in [0.15, 0.2) is 0 Å². The van der Waals surface area contributed by atoms with Gasteiger partial charge in [0, 0.05) is 11.9 Å². The zero-order valence-corrected chi connectivity index (χ0v) is 7.22. The summed E-state index contributed by atoms with van der Waals surface area (Å²) in [5.41, 5.74) is 0.805. The zero-order chi connectivity index (χ0) is 8.41. The van der Waals surface area contributed by atoms with E-state index in [1.807, 2.05) is 6.92 Å². The Morgan fingerprint density at radius 2 is 1.90 bits per heavy atom. The number of nitrogens with zero attached hydrogens (tertiary/aromatic N) is 1. The van der Waals surface area contributed by atoms with Gasteiger partial charge in [-0.25, -0.2) is 0 Å². The molecule has 0 aliphatic rings. The first kappa shape index (κ1) is 11.9. The molecule has 0 saturated carbocycles. The van der Waals surface area contributed by atoms with Crippen molar-refractivity contribution in [1.29, 1.82) is 0 Å². The predicted octanol–water partition coefficient (Wildman–Crippen LogP) is 3.19. The van der Waals surface area contributed by atoms with Crippen molar-refractivity contribution in [2.24, 2.45) is 4.99 Å². The molecule has 0 aliphatic carbocycles. The summed E-state index contributed by atoms with van der Waals surface area (Å²) in [6.07, 6.45) is 4.48. The van der Waals surface area contributed by atoms with Crippen molar-refractivity contribution in [1.82, 2.24) is 0 Å². The number of hydrogen-bond acceptors (Lipinski definition) is 1. The monoisotopic (exact) mass is 139 g/mol. The summed E-state index contributed by atoms with van der Waals surface area (Å²) in [7, 11) is 0. The molecule has 0 aromatic rings. The summed E-state index contributed by atoms with van der Waals surface area (Å²) in [4.78, 5) is 3.81. The van der Waals surface area contributed by atoms with E-state index in [4.69, 9.17) is 0 Å². The van der Waals surface area contributed by atoms with Crippen LogP contribution in [0, 0.1) is 0 Å². The fourth-order valence-corrected chi connectivity index (χ4v) is 0.180. The van der Waals surface area contributed by atoms with Gasteiger partial charge in [0.2, 0.25) is 0 Å². The van der Waals surface area contributed by atoms with Crippen LogP contribution >= 0.6 is 0 Å². The molecule has 0 heterocycles. The molecule has 0 spiro atoms. The summed E-state index contributed by atoms with van der Waals surface area (Å²) in [6, 6.07) is 0. The third-order valence-electron chi connectivity index (χ3n) is 0.400. The Morgan fingerprint density at radius 1 is 1.50 bits per heavy atom. The predicted molar refractivity (Wildman–Crippen MR) is 49.5 cm³/mol. The summed E-state index contributed by atoms with van der Waals surface area (Å²) in [6.45, 7) is 13.1. The van der Waals surface area contributed by atoms with Crippen molar-refractivity contribution >= 4 is 6.21 Å². The van der Waals surface area contributed by atoms with Gasteiger partial charge in [-0.15, -0.1) is 0 Å². The molecule has 0 rings (SSSR count). The minimum Gasteiger partial charge on any atom is -0.262 e. The summed E-state index contributed by atoms with van der Waals surface area (Å²) >= 11 is 0. The molecular formula is C9H17N. The molecule has 10 heavy (non-hydrogen) atoms. The number of aliphatic imine (C=N–C) groups is 1. The van der Waals surface area contributed by atoms with E-state index >= 15 is 0 Å². The van der Waals surface area contributed by atoms with E-state index in [-0.39, 0.29) is 0 Å². The molecule has 0 radical (unpaired) electrons. The first-order chi connectivity index (χ1) is 4.68. The van der Waals surface area contributed by atoms with Gasteiger partial charge in [0.1, 0.15) is 0 Å². The highest BCUT2D eigenvalue weighted by atomic mass is 14.7. The van der Waals surface area contributed by atoms with E-state index in [2.05, 4.69) is 32.0 Å². The smallest absolute Gasteiger partial charge is 0.0300 e. The molecule has 0 aromatic carbocycles. The van der Waals surface area contributed by atoms with Crippen LogP contribution in [0.5, 0.6) is 0 Å². The summed E-state index contributed by atoms with van der Waals surface area (Å²) < 4.78 is 0. The van der Waals surface area contributed by atoms with Gasteiger partial charge in [-0.3, -0.25) is 4.99 Å². The lowest BCUT2D eigenvalue weighted by atomic mass is 10.6. The molecule has 0 atom stereocenters. The Labute approximate surface area is 64.2 Å². The van der Waals surface area contributed by atoms with E-state index in [1.165, 1.54) is 6.42 Å². The second-order valence-corrected chi connectivity index (χ2v) is 1.96. The van der Waals surface area contributed by atoms with Crippen molar-refractivity contribution in [3.8, 4) is 0 Å². The maximum atomic E-state index is 3.81. The van der Waals surface area contributed by atoms with E-state index in [0.717, 1.165) is 5.70 Å². The molecule has 0 aliphatic heterocycles. The van der Waals surface area contributed by atoms with Crippen molar-refractivity contribution in [2.45, 2.75) is 27.2 Å². The van der Waals surface area contributed by atoms with Crippen LogP contribution in [-0.4, -0.2) is 6.21 Å². The maximum Gasteiger partial charge on any atom is 0.0300 e. The quantitative estimate of drug-likeness (QED) is 0.521. The fraction of sp³-hybridized carbons (Fsp3) is 0.444. The van der Waals surface area contributed by atoms with Gasteiger partial charge in [-0.1, -0.05) is 39.5 Å². The first-order valence-corrected chi connectivity index (χ1v) is 3.49. The van der Waals surface area contributed by atoms with Gasteiger partial charge in [0.25, 0.3) is 0 Å². The lowest BCUT2D eigenvalue weighted by molar-refractivity contribution is 1.09. The molecular weight excluding hydrogens is 122 g/mol. The maximum absolute atomic E-state index is 3.81. The standard InChI is InChI=1S/C6H9N.C3H8/c1-4-5-7-6(2)3;1-3-2/h4-5H,1-2H2,3H3;3H2,1-2H3. The van der Waals surface area contributed by atoms with Crippen LogP contribution in [0.2, 0.25) is 0 Å². The van der Waals surface area contributed by atoms with Gasteiger partial charge < -0.3 is 0 Å². The highest BCUT2D eigenvalue weighted by Gasteiger charge is 1.65. The molecule has 0 fully saturated rings. The molecule has 1 nitrogen and oxygen atoms in total. The lowest BCUT2D eigenvalue weighted by Gasteiger charge is -1.78. The van der Waals surface area contributed by atoms with Crippen LogP contribution in [0.3, 0.4) is 0 Å². The van der Waals surface area contributed by atoms with Gasteiger partial charge in [-0.2, -0.15) is 0 Å². The van der Waals surface area contributed by atoms with Crippen LogP contribution in [-0.2, 0) is 0 Å². The van der Waals surface area contributed by atoms with Crippen LogP contribution in [0.1, 0.15) is 27.2 Å². The normalized spacial score (nSPS) is 8.30. The van der Waals surface area contributed by atoms with E-state index in [9.17, 15) is 0 Å². The molecule has 0 amide bonds. The molecule has 0 aromatic heterocycles. The van der Waals surface area contributed by atoms with Crippen LogP contribution < -0.4 is 0 Å². The average Bonchev–Trinajstić information content (AvgIpc) is 1.85. The lowest BCUT2D eigenvalue weighted by Crippen LogP contribution is -1.62. The molecule has 58 valence electrons. The topological polar surface area (TPSA) is 12.4 Å². The Bertz CT molecular complexity index is 112. The first-order valence-electron chi connectivity index (χ1n) is 3.49. The highest BCUT2D eigenvalue weighted by molar-refractivity contribution is 5.70. The minimum absolute atomic E-state index is 0.805. The molecule has 0 saturated heterocycles. The third-order valence-corrected chi connectivity index (χ3v) is 0.400. The minimum atomic E-state index is 0.805. The average molecular weight is 139 g/mol. The number of rotatable bonds is 2. The molecule has 0 unspecified atom stereocenters. The second kappa shape index (κ2) is 11.0. The van der Waals surface area contributed by atoms with E-state index in [0.29, 0.717) is 0 Å². The van der Waals surface area contributed by atoms with Crippen molar-refractivity contribution in [3.05, 3.63) is 24.9 Å². The van der Waals surface area contributed by atoms with E-state index in [1.54, 1.807) is 12.3 Å². The number of allylic oxidation sites excluding steroid dienone is 2. The molecule has 0 N–H and O–H groups in total. The van der Waals surface area contributed by atoms with E-state index < -0.39 is 0 Å². The largest absolute Gasteiger partial charge is 0.262 e. The van der Waals surface area contributed by atoms with Gasteiger partial charge in [0.05, 0.1) is 0 Å². The van der Waals surface area contributed by atoms with Crippen LogP contribution in [0.25, 0.3) is 0 Å². The Hall–Kier alpha value is -0.850. The van der Waals surface area contributed by atoms with Crippen molar-refractivity contribution in [2.75, 3.05) is 0 Å². The Kier molecular flexibility index (Phi) is 13.1. The fourth-order valence-electron chi connectivity index (χ4n) is 0.180. The molecule has 0 bridgehead atoms. The molecule has 1 heteroatoms. The summed E-state index contributed by atoms with van der Waals surface area (Å²) in [5, 5.41) is 0. The number of hydrogen-bond donors (Lipinski definition) is 0. The SMILES string of the molecule is C=CC=NC(=C)C.CCC. The highest BCUT2D eigenvalue weighted by Crippen LogP contribution is 1.83. The van der Waals surface area contributed by atoms with Crippen LogP contribution in [0.4, 0.5) is 0 Å². The third kappa shape index (κ3) is 27.3. The Balaban J connectivity index is 0. The van der Waals surface area contributed by atoms with Crippen molar-refractivity contribution in [3.63, 3.8) is 0 Å². The van der Waals surface area contributed by atoms with Crippen LogP contribution in [0.15, 0.2) is 29.9 Å². The van der Waals surface area contributed by atoms with Gasteiger partial charge in [-0.05, 0) is 6.92 Å².